The van der Waals surface area contributed by atoms with Crippen molar-refractivity contribution in [3.05, 3.63) is 29.8 Å². The van der Waals surface area contributed by atoms with Crippen molar-refractivity contribution in [2.75, 3.05) is 18.9 Å². The molecule has 0 aliphatic carbocycles. The topological polar surface area (TPSA) is 84.2 Å². The molecule has 0 saturated heterocycles. The summed E-state index contributed by atoms with van der Waals surface area (Å²) >= 11 is 0. The lowest BCUT2D eigenvalue weighted by molar-refractivity contribution is -0.125. The predicted molar refractivity (Wildman–Crippen MR) is 80.5 cm³/mol. The maximum Gasteiger partial charge on any atom is 0.251 e. The Hall–Kier alpha value is -1.88. The van der Waals surface area contributed by atoms with E-state index in [4.69, 9.17) is 5.73 Å². The van der Waals surface area contributed by atoms with Crippen molar-refractivity contribution >= 4 is 17.5 Å². The van der Waals surface area contributed by atoms with Crippen LogP contribution >= 0.6 is 0 Å². The summed E-state index contributed by atoms with van der Waals surface area (Å²) in [6.07, 6.45) is 1.36. The first-order valence-corrected chi connectivity index (χ1v) is 6.86. The second-order valence-corrected chi connectivity index (χ2v) is 4.81. The first kappa shape index (κ1) is 16.2. The number of nitrogens with two attached hydrogens (primary N) is 1. The average Bonchev–Trinajstić information content (AvgIpc) is 2.49. The molecule has 1 aromatic carbocycles. The van der Waals surface area contributed by atoms with Crippen LogP contribution in [0.3, 0.4) is 0 Å². The van der Waals surface area contributed by atoms with Crippen molar-refractivity contribution < 1.29 is 9.59 Å². The molecule has 1 aromatic rings. The van der Waals surface area contributed by atoms with Crippen molar-refractivity contribution in [3.63, 3.8) is 0 Å². The SMILES string of the molecule is CCC(CC)(CN)C(=O)Nc1cccc(C(=O)NC)c1. The van der Waals surface area contributed by atoms with E-state index in [9.17, 15) is 9.59 Å². The largest absolute Gasteiger partial charge is 0.355 e. The molecule has 0 aliphatic heterocycles. The molecular formula is C15H23N3O2. The van der Waals surface area contributed by atoms with Crippen molar-refractivity contribution in [1.29, 1.82) is 0 Å². The van der Waals surface area contributed by atoms with E-state index >= 15 is 0 Å². The minimum Gasteiger partial charge on any atom is -0.355 e. The molecule has 0 bridgehead atoms. The second-order valence-electron chi connectivity index (χ2n) is 4.81. The molecule has 0 saturated carbocycles. The molecule has 0 unspecified atom stereocenters. The third kappa shape index (κ3) is 3.36. The highest BCUT2D eigenvalue weighted by molar-refractivity contribution is 5.98. The number of carbonyl (C=O) groups is 2. The number of hydrogen-bond acceptors (Lipinski definition) is 3. The van der Waals surface area contributed by atoms with Gasteiger partial charge in [-0.2, -0.15) is 0 Å². The standard InChI is InChI=1S/C15H23N3O2/c1-4-15(5-2,10-16)14(20)18-12-8-6-7-11(9-12)13(19)17-3/h6-9H,4-5,10,16H2,1-3H3,(H,17,19)(H,18,20). The van der Waals surface area contributed by atoms with Crippen LogP contribution < -0.4 is 16.4 Å². The molecule has 0 aromatic heterocycles. The van der Waals surface area contributed by atoms with E-state index < -0.39 is 5.41 Å². The van der Waals surface area contributed by atoms with E-state index in [1.807, 2.05) is 13.8 Å². The Morgan fingerprint density at radius 2 is 1.90 bits per heavy atom. The molecular weight excluding hydrogens is 254 g/mol. The van der Waals surface area contributed by atoms with Gasteiger partial charge in [-0.05, 0) is 31.0 Å². The van der Waals surface area contributed by atoms with E-state index in [-0.39, 0.29) is 11.8 Å². The molecule has 2 amide bonds. The van der Waals surface area contributed by atoms with Gasteiger partial charge in [-0.25, -0.2) is 0 Å². The minimum absolute atomic E-state index is 0.0981. The van der Waals surface area contributed by atoms with Gasteiger partial charge in [0.15, 0.2) is 0 Å². The Kier molecular flexibility index (Phi) is 5.70. The van der Waals surface area contributed by atoms with Crippen molar-refractivity contribution in [1.82, 2.24) is 5.32 Å². The Labute approximate surface area is 119 Å². The Morgan fingerprint density at radius 3 is 2.40 bits per heavy atom. The van der Waals surface area contributed by atoms with Gasteiger partial charge in [0.2, 0.25) is 5.91 Å². The summed E-state index contributed by atoms with van der Waals surface area (Å²) in [6, 6.07) is 6.85. The summed E-state index contributed by atoms with van der Waals surface area (Å²) in [5.74, 6) is -0.281. The van der Waals surface area contributed by atoms with Gasteiger partial charge in [0.25, 0.3) is 5.91 Å². The van der Waals surface area contributed by atoms with Crippen LogP contribution in [0, 0.1) is 5.41 Å². The Balaban J connectivity index is 2.93. The number of hydrogen-bond donors (Lipinski definition) is 3. The van der Waals surface area contributed by atoms with Gasteiger partial charge in [-0.3, -0.25) is 9.59 Å². The molecule has 20 heavy (non-hydrogen) atoms. The highest BCUT2D eigenvalue weighted by atomic mass is 16.2. The van der Waals surface area contributed by atoms with Crippen molar-refractivity contribution in [2.45, 2.75) is 26.7 Å². The molecule has 5 heteroatoms. The number of rotatable bonds is 6. The highest BCUT2D eigenvalue weighted by Crippen LogP contribution is 2.27. The smallest absolute Gasteiger partial charge is 0.251 e. The Bertz CT molecular complexity index is 473. The highest BCUT2D eigenvalue weighted by Gasteiger charge is 2.33. The van der Waals surface area contributed by atoms with Crippen LogP contribution in [0.2, 0.25) is 0 Å². The average molecular weight is 277 g/mol. The zero-order valence-corrected chi connectivity index (χ0v) is 12.3. The maximum atomic E-state index is 12.4. The fourth-order valence-corrected chi connectivity index (χ4v) is 2.10. The normalized spacial score (nSPS) is 11.0. The molecule has 0 radical (unpaired) electrons. The van der Waals surface area contributed by atoms with Gasteiger partial charge in [-0.15, -0.1) is 0 Å². The molecule has 1 rings (SSSR count). The quantitative estimate of drug-likeness (QED) is 0.740. The number of carbonyl (C=O) groups excluding carboxylic acids is 2. The first-order chi connectivity index (χ1) is 9.52. The summed E-state index contributed by atoms with van der Waals surface area (Å²) in [7, 11) is 1.57. The summed E-state index contributed by atoms with van der Waals surface area (Å²) in [5, 5.41) is 5.41. The van der Waals surface area contributed by atoms with Crippen molar-refractivity contribution in [2.24, 2.45) is 11.1 Å². The van der Waals surface area contributed by atoms with Gasteiger partial charge in [-0.1, -0.05) is 19.9 Å². The molecule has 0 spiro atoms. The monoisotopic (exact) mass is 277 g/mol. The molecule has 0 aliphatic rings. The fourth-order valence-electron chi connectivity index (χ4n) is 2.10. The van der Waals surface area contributed by atoms with E-state index in [0.717, 1.165) is 0 Å². The van der Waals surface area contributed by atoms with Crippen LogP contribution in [0.15, 0.2) is 24.3 Å². The lowest BCUT2D eigenvalue weighted by Gasteiger charge is -2.28. The van der Waals surface area contributed by atoms with Gasteiger partial charge in [0.1, 0.15) is 0 Å². The van der Waals surface area contributed by atoms with Crippen LogP contribution in [0.1, 0.15) is 37.0 Å². The molecule has 110 valence electrons. The van der Waals surface area contributed by atoms with Gasteiger partial charge in [0.05, 0.1) is 5.41 Å². The number of benzene rings is 1. The van der Waals surface area contributed by atoms with E-state index in [1.165, 1.54) is 0 Å². The van der Waals surface area contributed by atoms with Crippen LogP contribution in [-0.4, -0.2) is 25.4 Å². The van der Waals surface area contributed by atoms with Gasteiger partial charge >= 0.3 is 0 Å². The van der Waals surface area contributed by atoms with Crippen molar-refractivity contribution in [3.8, 4) is 0 Å². The summed E-state index contributed by atoms with van der Waals surface area (Å²) in [5.41, 5.74) is 6.32. The molecule has 0 atom stereocenters. The molecule has 0 heterocycles. The van der Waals surface area contributed by atoms with Crippen LogP contribution in [-0.2, 0) is 4.79 Å². The van der Waals surface area contributed by atoms with Gasteiger partial charge in [0, 0.05) is 24.8 Å². The summed E-state index contributed by atoms with van der Waals surface area (Å²) in [6.45, 7) is 4.22. The molecule has 5 nitrogen and oxygen atoms in total. The number of nitrogens with one attached hydrogen (secondary N) is 2. The summed E-state index contributed by atoms with van der Waals surface area (Å²) in [4.78, 5) is 24.0. The fraction of sp³-hybridized carbons (Fsp3) is 0.467. The number of amides is 2. The van der Waals surface area contributed by atoms with Crippen LogP contribution in [0.5, 0.6) is 0 Å². The zero-order valence-electron chi connectivity index (χ0n) is 12.3. The van der Waals surface area contributed by atoms with E-state index in [0.29, 0.717) is 30.6 Å². The van der Waals surface area contributed by atoms with E-state index in [1.54, 1.807) is 31.3 Å². The van der Waals surface area contributed by atoms with Gasteiger partial charge < -0.3 is 16.4 Å². The third-order valence-corrected chi connectivity index (χ3v) is 3.84. The third-order valence-electron chi connectivity index (χ3n) is 3.84. The van der Waals surface area contributed by atoms with E-state index in [2.05, 4.69) is 10.6 Å². The number of anilines is 1. The zero-order chi connectivity index (χ0) is 15.2. The lowest BCUT2D eigenvalue weighted by Crippen LogP contribution is -2.41. The Morgan fingerprint density at radius 1 is 1.25 bits per heavy atom. The molecule has 0 fully saturated rings. The molecule has 4 N–H and O–H groups in total. The van der Waals surface area contributed by atoms with Crippen LogP contribution in [0.25, 0.3) is 0 Å². The second kappa shape index (κ2) is 7.05. The first-order valence-electron chi connectivity index (χ1n) is 6.86. The predicted octanol–water partition coefficient (Wildman–Crippen LogP) is 1.75. The van der Waals surface area contributed by atoms with Crippen LogP contribution in [0.4, 0.5) is 5.69 Å². The lowest BCUT2D eigenvalue weighted by atomic mass is 9.81. The minimum atomic E-state index is -0.553. The summed E-state index contributed by atoms with van der Waals surface area (Å²) < 4.78 is 0. The maximum absolute atomic E-state index is 12.4.